The van der Waals surface area contributed by atoms with Gasteiger partial charge in [-0.15, -0.1) is 0 Å². The van der Waals surface area contributed by atoms with Crippen molar-refractivity contribution in [1.29, 1.82) is 0 Å². The molecule has 0 aliphatic heterocycles. The van der Waals surface area contributed by atoms with E-state index < -0.39 is 24.2 Å². The number of carboxylic acids is 1. The summed E-state index contributed by atoms with van der Waals surface area (Å²) < 4.78 is 48.3. The van der Waals surface area contributed by atoms with Crippen LogP contribution in [0.1, 0.15) is 25.3 Å². The van der Waals surface area contributed by atoms with Crippen molar-refractivity contribution < 1.29 is 27.8 Å². The van der Waals surface area contributed by atoms with Gasteiger partial charge in [0, 0.05) is 12.7 Å². The molecule has 1 N–H and O–H groups in total. The van der Waals surface area contributed by atoms with Gasteiger partial charge in [-0.1, -0.05) is 32.0 Å². The van der Waals surface area contributed by atoms with E-state index in [1.165, 1.54) is 24.1 Å². The summed E-state index contributed by atoms with van der Waals surface area (Å²) in [5.74, 6) is -3.75. The molecule has 0 fully saturated rings. The molecule has 31 heavy (non-hydrogen) atoms. The van der Waals surface area contributed by atoms with Crippen LogP contribution in [0.15, 0.2) is 54.6 Å². The fourth-order valence-corrected chi connectivity index (χ4v) is 3.21. The second-order valence-corrected chi connectivity index (χ2v) is 7.43. The lowest BCUT2D eigenvalue weighted by Gasteiger charge is -2.24. The van der Waals surface area contributed by atoms with E-state index in [2.05, 4.69) is 0 Å². The van der Waals surface area contributed by atoms with E-state index in [1.807, 2.05) is 19.9 Å². The lowest BCUT2D eigenvalue weighted by atomic mass is 9.96. The maximum absolute atomic E-state index is 15.0. The van der Waals surface area contributed by atoms with Gasteiger partial charge < -0.3 is 14.7 Å². The molecule has 3 aromatic rings. The number of hydrogen-bond acceptors (Lipinski definition) is 3. The molecule has 0 radical (unpaired) electrons. The van der Waals surface area contributed by atoms with Crippen LogP contribution in [0.4, 0.5) is 24.5 Å². The van der Waals surface area contributed by atoms with Crippen molar-refractivity contribution in [2.75, 3.05) is 18.6 Å². The molecule has 0 aliphatic rings. The third-order valence-corrected chi connectivity index (χ3v) is 4.87. The Hall–Kier alpha value is -3.48. The van der Waals surface area contributed by atoms with Gasteiger partial charge in [0.15, 0.2) is 18.2 Å². The first-order valence-corrected chi connectivity index (χ1v) is 9.64. The van der Waals surface area contributed by atoms with Crippen LogP contribution in [0.2, 0.25) is 0 Å². The van der Waals surface area contributed by atoms with Crippen LogP contribution in [0.25, 0.3) is 11.1 Å². The monoisotopic (exact) mass is 429 g/mol. The number of nitrogens with zero attached hydrogens (tertiary/aromatic N) is 1. The van der Waals surface area contributed by atoms with Crippen molar-refractivity contribution in [1.82, 2.24) is 0 Å². The zero-order valence-electron chi connectivity index (χ0n) is 17.3. The Morgan fingerprint density at radius 3 is 2.42 bits per heavy atom. The lowest BCUT2D eigenvalue weighted by molar-refractivity contribution is -0.139. The normalized spacial score (nSPS) is 10.9. The molecular formula is C24H22F3NO3. The van der Waals surface area contributed by atoms with Gasteiger partial charge >= 0.3 is 5.97 Å². The van der Waals surface area contributed by atoms with Crippen LogP contribution < -0.4 is 9.64 Å². The second-order valence-electron chi connectivity index (χ2n) is 7.43. The van der Waals surface area contributed by atoms with Crippen molar-refractivity contribution in [3.8, 4) is 16.9 Å². The van der Waals surface area contributed by atoms with E-state index in [-0.39, 0.29) is 23.2 Å². The first-order valence-electron chi connectivity index (χ1n) is 9.64. The smallest absolute Gasteiger partial charge is 0.341 e. The molecule has 162 valence electrons. The largest absolute Gasteiger partial charge is 0.479 e. The highest BCUT2D eigenvalue weighted by atomic mass is 19.1. The van der Waals surface area contributed by atoms with Crippen molar-refractivity contribution >= 4 is 17.3 Å². The number of carboxylic acid groups (broad SMARTS) is 1. The van der Waals surface area contributed by atoms with Crippen molar-refractivity contribution in [3.63, 3.8) is 0 Å². The third-order valence-electron chi connectivity index (χ3n) is 4.87. The van der Waals surface area contributed by atoms with Gasteiger partial charge in [0.05, 0.1) is 0 Å². The van der Waals surface area contributed by atoms with Crippen LogP contribution in [-0.4, -0.2) is 24.7 Å². The summed E-state index contributed by atoms with van der Waals surface area (Å²) in [6.45, 7) is 3.21. The van der Waals surface area contributed by atoms with Crippen molar-refractivity contribution in [3.05, 3.63) is 77.6 Å². The number of benzene rings is 3. The minimum Gasteiger partial charge on any atom is -0.479 e. The summed E-state index contributed by atoms with van der Waals surface area (Å²) in [7, 11) is 1.50. The molecule has 3 rings (SSSR count). The Morgan fingerprint density at radius 2 is 1.77 bits per heavy atom. The van der Waals surface area contributed by atoms with E-state index in [1.54, 1.807) is 24.3 Å². The molecule has 7 heteroatoms. The highest BCUT2D eigenvalue weighted by molar-refractivity contribution is 5.74. The molecule has 0 heterocycles. The number of aliphatic carboxylic acids is 1. The van der Waals surface area contributed by atoms with Crippen molar-refractivity contribution in [2.45, 2.75) is 19.8 Å². The van der Waals surface area contributed by atoms with Crippen LogP contribution in [-0.2, 0) is 4.79 Å². The topological polar surface area (TPSA) is 49.8 Å². The average Bonchev–Trinajstić information content (AvgIpc) is 2.72. The standard InChI is InChI=1S/C24H22F3NO3/c1-14(2)16-9-17(15-5-4-6-18(25)10-15)12-19(11-16)28(3)24-20(26)7-8-21(23(24)27)31-13-22(29)30/h4-12,14H,13H2,1-3H3,(H,29,30). The minimum absolute atomic E-state index is 0.112. The van der Waals surface area contributed by atoms with E-state index in [0.29, 0.717) is 16.8 Å². The Kier molecular flexibility index (Phi) is 6.53. The predicted octanol–water partition coefficient (Wildman–Crippen LogP) is 6.13. The zero-order chi connectivity index (χ0) is 22.7. The van der Waals surface area contributed by atoms with Crippen LogP contribution in [0.5, 0.6) is 5.75 Å². The second kappa shape index (κ2) is 9.12. The minimum atomic E-state index is -1.28. The first-order chi connectivity index (χ1) is 14.7. The SMILES string of the molecule is CC(C)c1cc(-c2cccc(F)c2)cc(N(C)c2c(F)ccc(OCC(=O)O)c2F)c1. The van der Waals surface area contributed by atoms with Crippen LogP contribution in [0.3, 0.4) is 0 Å². The summed E-state index contributed by atoms with van der Waals surface area (Å²) in [6.07, 6.45) is 0. The van der Waals surface area contributed by atoms with Gasteiger partial charge in [0.1, 0.15) is 17.3 Å². The maximum Gasteiger partial charge on any atom is 0.341 e. The molecular weight excluding hydrogens is 407 g/mol. The van der Waals surface area contributed by atoms with E-state index in [9.17, 15) is 13.6 Å². The zero-order valence-corrected chi connectivity index (χ0v) is 17.3. The Balaban J connectivity index is 2.10. The first kappa shape index (κ1) is 22.2. The third kappa shape index (κ3) is 4.99. The molecule has 0 atom stereocenters. The van der Waals surface area contributed by atoms with Gasteiger partial charge in [-0.05, 0) is 59.0 Å². The number of ether oxygens (including phenoxy) is 1. The maximum atomic E-state index is 15.0. The molecule has 0 aliphatic carbocycles. The summed E-state index contributed by atoms with van der Waals surface area (Å²) in [4.78, 5) is 12.1. The van der Waals surface area contributed by atoms with Gasteiger partial charge in [-0.3, -0.25) is 0 Å². The van der Waals surface area contributed by atoms with E-state index in [0.717, 1.165) is 17.7 Å². The molecule has 3 aromatic carbocycles. The molecule has 0 saturated carbocycles. The lowest BCUT2D eigenvalue weighted by Crippen LogP contribution is -2.16. The Bertz CT molecular complexity index is 1120. The van der Waals surface area contributed by atoms with Crippen molar-refractivity contribution in [2.24, 2.45) is 0 Å². The number of rotatable bonds is 7. The quantitative estimate of drug-likeness (QED) is 0.491. The summed E-state index contributed by atoms with van der Waals surface area (Å²) in [6, 6.07) is 13.6. The molecule has 0 aromatic heterocycles. The fourth-order valence-electron chi connectivity index (χ4n) is 3.21. The summed E-state index contributed by atoms with van der Waals surface area (Å²) >= 11 is 0. The highest BCUT2D eigenvalue weighted by Gasteiger charge is 2.21. The van der Waals surface area contributed by atoms with Crippen LogP contribution in [0, 0.1) is 17.5 Å². The predicted molar refractivity (Wildman–Crippen MR) is 113 cm³/mol. The number of anilines is 2. The molecule has 0 amide bonds. The summed E-state index contributed by atoms with van der Waals surface area (Å²) in [5.41, 5.74) is 2.35. The average molecular weight is 429 g/mol. The fraction of sp³-hybridized carbons (Fsp3) is 0.208. The molecule has 0 spiro atoms. The Morgan fingerprint density at radius 1 is 1.03 bits per heavy atom. The number of hydrogen-bond donors (Lipinski definition) is 1. The highest BCUT2D eigenvalue weighted by Crippen LogP contribution is 2.37. The van der Waals surface area contributed by atoms with Gasteiger partial charge in [-0.25, -0.2) is 18.0 Å². The van der Waals surface area contributed by atoms with Gasteiger partial charge in [0.2, 0.25) is 0 Å². The number of halogens is 3. The number of carbonyl (C=O) groups is 1. The molecule has 0 saturated heterocycles. The van der Waals surface area contributed by atoms with Gasteiger partial charge in [0.25, 0.3) is 0 Å². The molecule has 0 unspecified atom stereocenters. The Labute approximate surface area is 178 Å². The van der Waals surface area contributed by atoms with E-state index >= 15 is 4.39 Å². The molecule has 4 nitrogen and oxygen atoms in total. The van der Waals surface area contributed by atoms with Crippen LogP contribution >= 0.6 is 0 Å². The molecule has 0 bridgehead atoms. The summed E-state index contributed by atoms with van der Waals surface area (Å²) in [5, 5.41) is 8.76. The van der Waals surface area contributed by atoms with E-state index in [4.69, 9.17) is 9.84 Å². The van der Waals surface area contributed by atoms with Gasteiger partial charge in [-0.2, -0.15) is 0 Å².